The van der Waals surface area contributed by atoms with Crippen LogP contribution in [0.3, 0.4) is 0 Å². The van der Waals surface area contributed by atoms with E-state index < -0.39 is 17.9 Å². The molecule has 3 aromatic carbocycles. The van der Waals surface area contributed by atoms with Crippen LogP contribution in [0, 0.1) is 0 Å². The summed E-state index contributed by atoms with van der Waals surface area (Å²) in [5, 5.41) is 7.74. The van der Waals surface area contributed by atoms with E-state index in [0.717, 1.165) is 27.3 Å². The summed E-state index contributed by atoms with van der Waals surface area (Å²) in [5.41, 5.74) is 3.72. The number of benzene rings is 3. The number of hydrogen-bond acceptors (Lipinski definition) is 6. The molecule has 216 valence electrons. The number of fused-ring (bicyclic) bond motifs is 1. The molecule has 42 heavy (non-hydrogen) atoms. The van der Waals surface area contributed by atoms with Gasteiger partial charge >= 0.3 is 5.97 Å². The summed E-state index contributed by atoms with van der Waals surface area (Å²) in [5.74, 6) is -1.15. The van der Waals surface area contributed by atoms with Crippen LogP contribution in [-0.2, 0) is 16.0 Å². The second-order valence-electron chi connectivity index (χ2n) is 9.64. The van der Waals surface area contributed by atoms with Gasteiger partial charge in [-0.25, -0.2) is 4.79 Å². The number of esters is 1. The lowest BCUT2D eigenvalue weighted by Gasteiger charge is -2.34. The van der Waals surface area contributed by atoms with E-state index in [2.05, 4.69) is 33.8 Å². The molecule has 1 aliphatic rings. The summed E-state index contributed by atoms with van der Waals surface area (Å²) in [4.78, 5) is 31.1. The number of amides is 1. The Morgan fingerprint density at radius 3 is 2.33 bits per heavy atom. The van der Waals surface area contributed by atoms with Crippen molar-refractivity contribution in [2.75, 3.05) is 12.4 Å². The lowest BCUT2D eigenvalue weighted by atomic mass is 9.91. The molecular formula is C31H25Cl4N3O3S. The van der Waals surface area contributed by atoms with E-state index in [4.69, 9.17) is 51.1 Å². The first-order valence-electron chi connectivity index (χ1n) is 13.0. The predicted molar refractivity (Wildman–Crippen MR) is 170 cm³/mol. The third kappa shape index (κ3) is 6.82. The van der Waals surface area contributed by atoms with Gasteiger partial charge < -0.3 is 15.4 Å². The third-order valence-corrected chi connectivity index (χ3v) is 9.43. The normalized spacial score (nSPS) is 16.6. The van der Waals surface area contributed by atoms with Gasteiger partial charge in [-0.2, -0.15) is 0 Å². The number of hydrogen-bond donors (Lipinski definition) is 2. The van der Waals surface area contributed by atoms with Gasteiger partial charge in [-0.05, 0) is 47.9 Å². The Bertz CT molecular complexity index is 1580. The molecule has 0 saturated heterocycles. The molecule has 0 aliphatic carbocycles. The van der Waals surface area contributed by atoms with Gasteiger partial charge in [0.15, 0.2) is 0 Å². The number of halogens is 4. The summed E-state index contributed by atoms with van der Waals surface area (Å²) < 4.78 is 5.01. The minimum Gasteiger partial charge on any atom is -0.467 e. The van der Waals surface area contributed by atoms with Crippen molar-refractivity contribution in [3.8, 4) is 0 Å². The Morgan fingerprint density at radius 1 is 0.976 bits per heavy atom. The van der Waals surface area contributed by atoms with Crippen LogP contribution in [0.15, 0.2) is 84.0 Å². The number of carbonyl (C=O) groups excluding carboxylic acids is 2. The average molecular weight is 661 g/mol. The zero-order valence-electron chi connectivity index (χ0n) is 22.2. The van der Waals surface area contributed by atoms with Gasteiger partial charge in [0.2, 0.25) is 0 Å². The van der Waals surface area contributed by atoms with Crippen LogP contribution in [0.4, 0.5) is 5.69 Å². The van der Waals surface area contributed by atoms with E-state index in [9.17, 15) is 9.59 Å². The summed E-state index contributed by atoms with van der Waals surface area (Å²) in [6.07, 6.45) is 4.09. The second-order valence-corrected chi connectivity index (χ2v) is 12.5. The first-order chi connectivity index (χ1) is 20.2. The van der Waals surface area contributed by atoms with Crippen molar-refractivity contribution in [3.63, 3.8) is 0 Å². The number of methoxy groups -OCH3 is 1. The van der Waals surface area contributed by atoms with Gasteiger partial charge in [-0.1, -0.05) is 82.8 Å². The molecule has 1 aromatic heterocycles. The molecule has 0 spiro atoms. The van der Waals surface area contributed by atoms with Crippen LogP contribution < -0.4 is 10.6 Å². The first kappa shape index (κ1) is 30.5. The van der Waals surface area contributed by atoms with Crippen molar-refractivity contribution in [2.45, 2.75) is 35.1 Å². The highest BCUT2D eigenvalue weighted by Gasteiger charge is 2.32. The van der Waals surface area contributed by atoms with Gasteiger partial charge in [-0.3, -0.25) is 9.78 Å². The standard InChI is InChI=1S/C31H25Cl4N3O3S/c1-41-31(40)26(38-30(39)29-20(32)8-5-9-21(29)33)13-17-10-11-24-19(12-17)27(42-18-6-3-2-4-7-18)14-25(37-24)28-22(34)15-36-16-23(28)35/h2-12,15-16,25-27,37H,13-14H2,1H3,(H,38,39). The molecule has 0 bridgehead atoms. The van der Waals surface area contributed by atoms with Crippen molar-refractivity contribution >= 4 is 75.7 Å². The molecule has 2 heterocycles. The molecule has 0 fully saturated rings. The van der Waals surface area contributed by atoms with E-state index in [1.807, 2.05) is 30.3 Å². The number of nitrogens with zero attached hydrogens (tertiary/aromatic N) is 1. The minimum absolute atomic E-state index is 0.0296. The largest absolute Gasteiger partial charge is 0.467 e. The Hall–Kier alpha value is -2.94. The smallest absolute Gasteiger partial charge is 0.328 e. The maximum atomic E-state index is 13.1. The van der Waals surface area contributed by atoms with Gasteiger partial charge in [0.05, 0.1) is 38.8 Å². The van der Waals surface area contributed by atoms with E-state index in [0.29, 0.717) is 16.5 Å². The maximum Gasteiger partial charge on any atom is 0.328 e. The molecule has 1 aliphatic heterocycles. The highest BCUT2D eigenvalue weighted by atomic mass is 35.5. The van der Waals surface area contributed by atoms with Gasteiger partial charge in [0, 0.05) is 40.2 Å². The molecule has 0 radical (unpaired) electrons. The van der Waals surface area contributed by atoms with E-state index >= 15 is 0 Å². The zero-order valence-corrected chi connectivity index (χ0v) is 26.1. The molecule has 3 atom stereocenters. The lowest BCUT2D eigenvalue weighted by molar-refractivity contribution is -0.142. The fourth-order valence-corrected chi connectivity index (χ4v) is 7.41. The van der Waals surface area contributed by atoms with Crippen LogP contribution in [-0.4, -0.2) is 30.0 Å². The first-order valence-corrected chi connectivity index (χ1v) is 15.4. The number of rotatable bonds is 8. The van der Waals surface area contributed by atoms with Crippen LogP contribution in [0.5, 0.6) is 0 Å². The Morgan fingerprint density at radius 2 is 1.67 bits per heavy atom. The van der Waals surface area contributed by atoms with Crippen LogP contribution in [0.25, 0.3) is 0 Å². The van der Waals surface area contributed by atoms with E-state index in [-0.39, 0.29) is 33.3 Å². The third-order valence-electron chi connectivity index (χ3n) is 6.92. The second kappa shape index (κ2) is 13.6. The maximum absolute atomic E-state index is 13.1. The van der Waals surface area contributed by atoms with Gasteiger partial charge in [0.1, 0.15) is 6.04 Å². The van der Waals surface area contributed by atoms with Crippen molar-refractivity contribution in [3.05, 3.63) is 121 Å². The monoisotopic (exact) mass is 659 g/mol. The highest BCUT2D eigenvalue weighted by Crippen LogP contribution is 2.50. The van der Waals surface area contributed by atoms with E-state index in [1.54, 1.807) is 42.4 Å². The SMILES string of the molecule is COC(=O)C(Cc1ccc2c(c1)C(Sc1ccccc1)CC(c1c(Cl)cncc1Cl)N2)NC(=O)c1c(Cl)cccc1Cl. The van der Waals surface area contributed by atoms with Crippen LogP contribution in [0.2, 0.25) is 20.1 Å². The lowest BCUT2D eigenvalue weighted by Crippen LogP contribution is -2.43. The molecule has 5 rings (SSSR count). The fraction of sp³-hybridized carbons (Fsp3) is 0.194. The summed E-state index contributed by atoms with van der Waals surface area (Å²) in [6.45, 7) is 0. The Kier molecular flexibility index (Phi) is 9.86. The quantitative estimate of drug-likeness (QED) is 0.184. The van der Waals surface area contributed by atoms with Crippen molar-refractivity contribution in [1.29, 1.82) is 0 Å². The average Bonchev–Trinajstić information content (AvgIpc) is 2.97. The Labute approximate surface area is 268 Å². The number of ether oxygens (including phenoxy) is 1. The van der Waals surface area contributed by atoms with Crippen LogP contribution >= 0.6 is 58.2 Å². The van der Waals surface area contributed by atoms with Crippen molar-refractivity contribution in [1.82, 2.24) is 10.3 Å². The molecule has 3 unspecified atom stereocenters. The molecule has 2 N–H and O–H groups in total. The highest BCUT2D eigenvalue weighted by molar-refractivity contribution is 7.99. The molecule has 4 aromatic rings. The van der Waals surface area contributed by atoms with Gasteiger partial charge in [-0.15, -0.1) is 11.8 Å². The number of thioether (sulfide) groups is 1. The molecule has 11 heteroatoms. The fourth-order valence-electron chi connectivity index (χ4n) is 4.96. The summed E-state index contributed by atoms with van der Waals surface area (Å²) >= 11 is 27.3. The zero-order chi connectivity index (χ0) is 29.8. The number of aromatic nitrogens is 1. The summed E-state index contributed by atoms with van der Waals surface area (Å²) in [7, 11) is 1.28. The topological polar surface area (TPSA) is 80.3 Å². The minimum atomic E-state index is -0.966. The number of carbonyl (C=O) groups is 2. The molecular weight excluding hydrogens is 636 g/mol. The van der Waals surface area contributed by atoms with E-state index in [1.165, 1.54) is 7.11 Å². The Balaban J connectivity index is 1.46. The van der Waals surface area contributed by atoms with Crippen molar-refractivity contribution < 1.29 is 14.3 Å². The summed E-state index contributed by atoms with van der Waals surface area (Å²) in [6, 6.07) is 19.7. The number of nitrogens with one attached hydrogen (secondary N) is 2. The van der Waals surface area contributed by atoms with Gasteiger partial charge in [0.25, 0.3) is 5.91 Å². The molecule has 1 amide bonds. The molecule has 6 nitrogen and oxygen atoms in total. The predicted octanol–water partition coefficient (Wildman–Crippen LogP) is 8.60. The molecule has 0 saturated carbocycles. The van der Waals surface area contributed by atoms with Crippen molar-refractivity contribution in [2.24, 2.45) is 0 Å². The number of pyridine rings is 1. The number of anilines is 1. The van der Waals surface area contributed by atoms with Crippen LogP contribution in [0.1, 0.15) is 44.8 Å².